The number of hydrogen-bond acceptors (Lipinski definition) is 5. The molecule has 0 saturated carbocycles. The van der Waals surface area contributed by atoms with Gasteiger partial charge in [0.25, 0.3) is 0 Å². The van der Waals surface area contributed by atoms with E-state index in [1.54, 1.807) is 37.3 Å². The molecular formula is C14H16O5. The fourth-order valence-electron chi connectivity index (χ4n) is 1.93. The van der Waals surface area contributed by atoms with Crippen LogP contribution in [0.3, 0.4) is 0 Å². The predicted octanol–water partition coefficient (Wildman–Crippen LogP) is 1.56. The fraction of sp³-hybridized carbons (Fsp3) is 0.429. The van der Waals surface area contributed by atoms with Gasteiger partial charge in [-0.3, -0.25) is 4.79 Å². The molecule has 19 heavy (non-hydrogen) atoms. The van der Waals surface area contributed by atoms with Crippen molar-refractivity contribution in [3.05, 3.63) is 35.9 Å². The van der Waals surface area contributed by atoms with Crippen LogP contribution in [0, 0.1) is 0 Å². The van der Waals surface area contributed by atoms with Crippen molar-refractivity contribution >= 4 is 11.8 Å². The van der Waals surface area contributed by atoms with Crippen molar-refractivity contribution in [2.75, 3.05) is 7.11 Å². The molecule has 0 bridgehead atoms. The molecule has 0 unspecified atom stereocenters. The minimum absolute atomic E-state index is 0.220. The quantitative estimate of drug-likeness (QED) is 0.775. The van der Waals surface area contributed by atoms with Gasteiger partial charge in [0.2, 0.25) is 5.78 Å². The minimum atomic E-state index is -0.818. The van der Waals surface area contributed by atoms with Gasteiger partial charge in [0.1, 0.15) is 6.10 Å². The highest BCUT2D eigenvalue weighted by molar-refractivity contribution is 5.94. The summed E-state index contributed by atoms with van der Waals surface area (Å²) in [6, 6.07) is 8.57. The van der Waals surface area contributed by atoms with Crippen LogP contribution in [0.1, 0.15) is 23.7 Å². The molecule has 1 aromatic carbocycles. The topological polar surface area (TPSA) is 61.8 Å². The van der Waals surface area contributed by atoms with Crippen molar-refractivity contribution in [2.24, 2.45) is 0 Å². The number of ketones is 1. The number of carbonyl (C=O) groups is 2. The molecule has 0 aromatic heterocycles. The Morgan fingerprint density at radius 3 is 2.63 bits per heavy atom. The van der Waals surface area contributed by atoms with Gasteiger partial charge in [-0.25, -0.2) is 4.79 Å². The summed E-state index contributed by atoms with van der Waals surface area (Å²) in [6.07, 6.45) is -1.76. The van der Waals surface area contributed by atoms with Gasteiger partial charge in [-0.1, -0.05) is 18.2 Å². The highest BCUT2D eigenvalue weighted by Gasteiger charge is 2.37. The number of carbonyl (C=O) groups excluding carboxylic acids is 2. The second-order valence-corrected chi connectivity index (χ2v) is 4.34. The van der Waals surface area contributed by atoms with Crippen LogP contribution in [0.25, 0.3) is 0 Å². The van der Waals surface area contributed by atoms with E-state index < -0.39 is 24.5 Å². The SMILES string of the molecule is CO[C@@H]1C[C@H](OC(=O)c2ccccc2)C(=O)[C@@H](C)O1. The molecule has 102 valence electrons. The first-order valence-electron chi connectivity index (χ1n) is 6.10. The van der Waals surface area contributed by atoms with Gasteiger partial charge >= 0.3 is 5.97 Å². The van der Waals surface area contributed by atoms with Crippen LogP contribution in [-0.2, 0) is 19.0 Å². The molecule has 1 saturated heterocycles. The standard InChI is InChI=1S/C14H16O5/c1-9-13(15)11(8-12(17-2)18-9)19-14(16)10-6-4-3-5-7-10/h3-7,9,11-12H,8H2,1-2H3/t9-,11+,12+/m1/s1. The summed E-state index contributed by atoms with van der Waals surface area (Å²) >= 11 is 0. The first-order chi connectivity index (χ1) is 9.11. The molecule has 0 spiro atoms. The van der Waals surface area contributed by atoms with E-state index in [1.807, 2.05) is 0 Å². The molecule has 1 heterocycles. The van der Waals surface area contributed by atoms with Gasteiger partial charge in [0.05, 0.1) is 5.56 Å². The van der Waals surface area contributed by atoms with Crippen molar-refractivity contribution in [2.45, 2.75) is 31.8 Å². The van der Waals surface area contributed by atoms with E-state index in [0.717, 1.165) is 0 Å². The number of hydrogen-bond donors (Lipinski definition) is 0. The largest absolute Gasteiger partial charge is 0.450 e. The molecule has 5 heteroatoms. The van der Waals surface area contributed by atoms with E-state index in [-0.39, 0.29) is 12.2 Å². The summed E-state index contributed by atoms with van der Waals surface area (Å²) in [5.74, 6) is -0.750. The fourth-order valence-corrected chi connectivity index (χ4v) is 1.93. The van der Waals surface area contributed by atoms with Gasteiger partial charge in [-0.15, -0.1) is 0 Å². The zero-order valence-electron chi connectivity index (χ0n) is 10.9. The van der Waals surface area contributed by atoms with Crippen LogP contribution < -0.4 is 0 Å². The van der Waals surface area contributed by atoms with Crippen LogP contribution in [0.2, 0.25) is 0 Å². The Hall–Kier alpha value is -1.72. The summed E-state index contributed by atoms with van der Waals surface area (Å²) in [6.45, 7) is 1.62. The molecular weight excluding hydrogens is 248 g/mol. The summed E-state index contributed by atoms with van der Waals surface area (Å²) in [4.78, 5) is 23.8. The summed E-state index contributed by atoms with van der Waals surface area (Å²) in [5, 5.41) is 0. The third kappa shape index (κ3) is 3.19. The number of rotatable bonds is 3. The lowest BCUT2D eigenvalue weighted by atomic mass is 10.0. The second-order valence-electron chi connectivity index (χ2n) is 4.34. The van der Waals surface area contributed by atoms with Crippen LogP contribution >= 0.6 is 0 Å². The van der Waals surface area contributed by atoms with Crippen molar-refractivity contribution < 1.29 is 23.8 Å². The number of Topliss-reactive ketones (excluding diaryl/α,β-unsaturated/α-hetero) is 1. The molecule has 1 aliphatic rings. The van der Waals surface area contributed by atoms with Crippen molar-refractivity contribution in [3.8, 4) is 0 Å². The maximum Gasteiger partial charge on any atom is 0.338 e. The molecule has 1 fully saturated rings. The highest BCUT2D eigenvalue weighted by atomic mass is 16.7. The smallest absolute Gasteiger partial charge is 0.338 e. The molecule has 3 atom stereocenters. The van der Waals surface area contributed by atoms with Gasteiger partial charge in [-0.2, -0.15) is 0 Å². The summed E-state index contributed by atoms with van der Waals surface area (Å²) in [5.41, 5.74) is 0.420. The van der Waals surface area contributed by atoms with E-state index in [1.165, 1.54) is 7.11 Å². The number of benzene rings is 1. The average Bonchev–Trinajstić information content (AvgIpc) is 2.44. The van der Waals surface area contributed by atoms with Crippen LogP contribution in [0.4, 0.5) is 0 Å². The van der Waals surface area contributed by atoms with Crippen LogP contribution in [0.15, 0.2) is 30.3 Å². The Bertz CT molecular complexity index is 456. The maximum absolute atomic E-state index is 11.9. The number of methoxy groups -OCH3 is 1. The van der Waals surface area contributed by atoms with Crippen LogP contribution in [-0.4, -0.2) is 37.4 Å². The van der Waals surface area contributed by atoms with Gasteiger partial charge in [0, 0.05) is 13.5 Å². The first-order valence-corrected chi connectivity index (χ1v) is 6.10. The van der Waals surface area contributed by atoms with E-state index in [4.69, 9.17) is 14.2 Å². The van der Waals surface area contributed by atoms with E-state index in [9.17, 15) is 9.59 Å². The molecule has 0 radical (unpaired) electrons. The average molecular weight is 264 g/mol. The third-order valence-electron chi connectivity index (χ3n) is 3.00. The Labute approximate surface area is 111 Å². The molecule has 2 rings (SSSR count). The van der Waals surface area contributed by atoms with Gasteiger partial charge < -0.3 is 14.2 Å². The second kappa shape index (κ2) is 5.95. The van der Waals surface area contributed by atoms with Gasteiger partial charge in [0.15, 0.2) is 12.4 Å². The van der Waals surface area contributed by atoms with Crippen molar-refractivity contribution in [1.29, 1.82) is 0 Å². The van der Waals surface area contributed by atoms with E-state index in [0.29, 0.717) is 5.56 Å². The molecule has 1 aromatic rings. The normalized spacial score (nSPS) is 27.1. The lowest BCUT2D eigenvalue weighted by molar-refractivity contribution is -0.199. The molecule has 0 aliphatic carbocycles. The van der Waals surface area contributed by atoms with Crippen LogP contribution in [0.5, 0.6) is 0 Å². The lowest BCUT2D eigenvalue weighted by Gasteiger charge is -2.31. The Kier molecular flexibility index (Phi) is 4.29. The van der Waals surface area contributed by atoms with Crippen molar-refractivity contribution in [3.63, 3.8) is 0 Å². The van der Waals surface area contributed by atoms with Crippen molar-refractivity contribution in [1.82, 2.24) is 0 Å². The highest BCUT2D eigenvalue weighted by Crippen LogP contribution is 2.20. The van der Waals surface area contributed by atoms with E-state index in [2.05, 4.69) is 0 Å². The minimum Gasteiger partial charge on any atom is -0.450 e. The third-order valence-corrected chi connectivity index (χ3v) is 3.00. The molecule has 0 N–H and O–H groups in total. The Balaban J connectivity index is 2.05. The lowest BCUT2D eigenvalue weighted by Crippen LogP contribution is -2.46. The predicted molar refractivity (Wildman–Crippen MR) is 66.6 cm³/mol. The maximum atomic E-state index is 11.9. The molecule has 0 amide bonds. The Morgan fingerprint density at radius 1 is 1.32 bits per heavy atom. The summed E-state index contributed by atoms with van der Waals surface area (Å²) in [7, 11) is 1.49. The number of ether oxygens (including phenoxy) is 3. The first kappa shape index (κ1) is 13.7. The van der Waals surface area contributed by atoms with E-state index >= 15 is 0 Å². The molecule has 1 aliphatic heterocycles. The zero-order chi connectivity index (χ0) is 13.8. The summed E-state index contributed by atoms with van der Waals surface area (Å²) < 4.78 is 15.6. The monoisotopic (exact) mass is 264 g/mol. The zero-order valence-corrected chi connectivity index (χ0v) is 10.9. The molecule has 5 nitrogen and oxygen atoms in total. The Morgan fingerprint density at radius 2 is 2.00 bits per heavy atom. The van der Waals surface area contributed by atoms with Gasteiger partial charge in [-0.05, 0) is 19.1 Å². The number of esters is 1.